The fourth-order valence-corrected chi connectivity index (χ4v) is 18.2. The van der Waals surface area contributed by atoms with E-state index in [0.717, 1.165) is 32.4 Å². The van der Waals surface area contributed by atoms with Crippen LogP contribution in [0.25, 0.3) is 0 Å². The van der Waals surface area contributed by atoms with Crippen LogP contribution in [0.5, 0.6) is 0 Å². The van der Waals surface area contributed by atoms with E-state index in [4.69, 9.17) is 56.8 Å². The number of ketones is 1. The number of thioether (sulfide) groups is 1. The monoisotopic (exact) mass is 1810 g/mol. The second-order valence-corrected chi connectivity index (χ2v) is 33.9. The number of nitrogens with zero attached hydrogens (tertiary/aromatic N) is 2. The molecule has 10 heterocycles. The van der Waals surface area contributed by atoms with Crippen LogP contribution in [-0.2, 0) is 82.4 Å². The van der Waals surface area contributed by atoms with Crippen LogP contribution in [0.3, 0.4) is 0 Å². The minimum Gasteiger partial charge on any atom is -0.394 e. The Bertz CT molecular complexity index is 3710. The van der Waals surface area contributed by atoms with Crippen molar-refractivity contribution in [3.05, 3.63) is 58.7 Å². The number of amides is 5. The summed E-state index contributed by atoms with van der Waals surface area (Å²) in [6.07, 6.45) is -36.2. The summed E-state index contributed by atoms with van der Waals surface area (Å²) in [6.45, 7) is -1.55. The molecule has 8 fully saturated rings. The van der Waals surface area contributed by atoms with E-state index in [1.807, 2.05) is 11.8 Å². The second kappa shape index (κ2) is 47.2. The minimum absolute atomic E-state index is 0.0240. The maximum atomic E-state index is 14.0. The van der Waals surface area contributed by atoms with Gasteiger partial charge in [-0.25, -0.2) is 0 Å². The molecule has 47 nitrogen and oxygen atoms in total. The van der Waals surface area contributed by atoms with E-state index >= 15 is 0 Å². The normalized spacial score (nSPS) is 37.8. The van der Waals surface area contributed by atoms with Crippen molar-refractivity contribution in [3.63, 3.8) is 0 Å². The molecule has 10 aliphatic rings. The van der Waals surface area contributed by atoms with Crippen LogP contribution in [0.4, 0.5) is 0 Å². The van der Waals surface area contributed by atoms with Crippen LogP contribution >= 0.6 is 11.8 Å². The molecule has 12 unspecified atom stereocenters. The van der Waals surface area contributed by atoms with Crippen molar-refractivity contribution in [1.29, 1.82) is 0 Å². The first kappa shape index (κ1) is 99.6. The third-order valence-corrected chi connectivity index (χ3v) is 25.0. The Hall–Kier alpha value is -6.01. The summed E-state index contributed by atoms with van der Waals surface area (Å²) < 4.78 is 69.0. The Morgan fingerprint density at radius 2 is 0.840 bits per heavy atom. The van der Waals surface area contributed by atoms with Gasteiger partial charge < -0.3 is 186 Å². The number of hydrogen-bond acceptors (Lipinski definition) is 43. The molecule has 0 saturated carbocycles. The molecule has 1 aromatic rings. The van der Waals surface area contributed by atoms with Crippen molar-refractivity contribution in [3.8, 4) is 0 Å². The van der Waals surface area contributed by atoms with Crippen molar-refractivity contribution < 1.29 is 178 Å². The number of Topliss-reactive ketones (excluding diaryl/α,β-unsaturated/α-hetero) is 1. The van der Waals surface area contributed by atoms with Crippen LogP contribution in [-0.4, -0.2) is 417 Å². The fourth-order valence-electron chi connectivity index (χ4n) is 16.6. The van der Waals surface area contributed by atoms with Crippen molar-refractivity contribution >= 4 is 47.1 Å². The van der Waals surface area contributed by atoms with Crippen molar-refractivity contribution in [2.45, 2.75) is 293 Å². The van der Waals surface area contributed by atoms with Crippen molar-refractivity contribution in [2.75, 3.05) is 84.8 Å². The molecule has 8 saturated heterocycles. The Morgan fingerprint density at radius 1 is 0.456 bits per heavy atom. The summed E-state index contributed by atoms with van der Waals surface area (Å²) in [5, 5.41) is 210. The Balaban J connectivity index is 0.595. The summed E-state index contributed by atoms with van der Waals surface area (Å²) in [5.74, 6) is -1.15. The van der Waals surface area contributed by atoms with Gasteiger partial charge in [0.05, 0.1) is 64.1 Å². The molecule has 0 aliphatic carbocycles. The average Bonchev–Trinajstić information content (AvgIpc) is 1.58. The summed E-state index contributed by atoms with van der Waals surface area (Å²) in [4.78, 5) is 77.6. The minimum atomic E-state index is -2.00. The first-order valence-electron chi connectivity index (χ1n) is 42.2. The molecular formula is C77H123N11O36S. The fraction of sp³-hybridized carbons (Fsp3) is 0.792. The molecule has 708 valence electrons. The third-order valence-electron chi connectivity index (χ3n) is 23.4. The molecule has 0 aromatic heterocycles. The average molecular weight is 1810 g/mol. The lowest BCUT2D eigenvalue weighted by molar-refractivity contribution is -0.374. The number of nitrogens with one attached hydrogen (secondary N) is 9. The van der Waals surface area contributed by atoms with Gasteiger partial charge in [-0.05, 0) is 80.4 Å². The van der Waals surface area contributed by atoms with E-state index in [2.05, 4.69) is 48.5 Å². The lowest BCUT2D eigenvalue weighted by Gasteiger charge is -2.48. The third kappa shape index (κ3) is 25.6. The van der Waals surface area contributed by atoms with E-state index in [0.29, 0.717) is 93.8 Å². The molecule has 10 aliphatic heterocycles. The molecule has 1 aromatic carbocycles. The smallest absolute Gasteiger partial charge is 0.251 e. The largest absolute Gasteiger partial charge is 0.394 e. The topological polar surface area (TPSA) is 692 Å². The summed E-state index contributed by atoms with van der Waals surface area (Å²) in [7, 11) is 0. The molecule has 11 rings (SSSR count). The summed E-state index contributed by atoms with van der Waals surface area (Å²) in [5.41, 5.74) is 14.0. The standard InChI is InChI=1S/C77H123N11O36S/c1-34(95)80-52-56(101)54(99)43(27-89)115-72(52)121-66-47(31-93)119-76(64(109)60(66)105)123-68-45(29-91)117-74(62(107)58(68)103)113-16-10-4-3-8-14-87-25-40(83-85-87)23-78-70(111)37-18-36(20-42(97)12-6-7-13-49-51-39(33-125-49)22-50(98)82-51)19-38(21-37)71(112)79-24-41-26-88(86-84-41)15-9-5-11-17-114-75-63(108)59(104)69(46(30-92)118-75)124-77-65(110)61(106)67(48(32-94)120-77)122-73-53(81-35(2)96)57(102)55(100)44(28-90)116-73/h18-19,21,25-26,39,43-49,51-69,72-77,83-86,89-94,99-110H,3-17,20,22-24,27-33H2,1-2H3,(H,78,111)(H,79,112)(H,80,95)(H,81,96)(H,82,98)/t39-,43?,44?,45?,46?,47?,48?,49-,51-,52?,53?,54+,55+,56-,57-,58-,59-,60-,61-,62?,63?,64?,65?,66+,67+,68-,69-,72+,73+,74-,75-,76+,77+/m1/s1. The number of benzene rings is 1. The maximum absolute atomic E-state index is 14.0. The molecule has 125 heavy (non-hydrogen) atoms. The van der Waals surface area contributed by atoms with Crippen LogP contribution < -0.4 is 48.5 Å². The quantitative estimate of drug-likeness (QED) is 0.0270. The SMILES string of the molecule is CC(=O)NC1[C@H](O[C@H]2C(CO)O[C@@H](O[C@@H]3C(CO)O[C@@H](OCCCCCCN4C=C(CNC(=O)c5cc(CC(=O)CCCC[C@H]6SC[C@H]7CC(=O)N[C@H]76)cc(C(=O)NCC6=CN(CCCCCO[C@@H]7OC(CO)[C@@H](O[C@@H]8OC(CO)[C@H](O[C@@H]9OC(CO)[C@H](O)[C@H](O)C9NC(C)=O)[C@H](O)C8O)[C@H](O)C7O)NN6)c5)NN4)C(O)[C@H]3O)C(O)[C@H]2O)OC(CO)[C@H](O)[C@@H]1O. The Morgan fingerprint density at radius 3 is 1.26 bits per heavy atom. The number of aliphatic hydroxyl groups excluding tert-OH is 18. The number of hydrogen-bond donors (Lipinski definition) is 27. The number of ether oxygens (including phenoxy) is 12. The molecule has 48 heteroatoms. The van der Waals surface area contributed by atoms with Gasteiger partial charge in [-0.2, -0.15) is 11.8 Å². The number of fused-ring (bicyclic) bond motifs is 1. The van der Waals surface area contributed by atoms with Gasteiger partial charge in [0.15, 0.2) is 37.7 Å². The second-order valence-electron chi connectivity index (χ2n) is 32.7. The first-order valence-corrected chi connectivity index (χ1v) is 43.2. The maximum Gasteiger partial charge on any atom is 0.251 e. The van der Waals surface area contributed by atoms with Crippen LogP contribution in [0.2, 0.25) is 0 Å². The van der Waals surface area contributed by atoms with Gasteiger partial charge in [0.25, 0.3) is 11.8 Å². The molecule has 27 N–H and O–H groups in total. The highest BCUT2D eigenvalue weighted by Gasteiger charge is 2.57. The number of carbonyl (C=O) groups is 6. The van der Waals surface area contributed by atoms with Gasteiger partial charge in [-0.3, -0.25) is 38.8 Å². The summed E-state index contributed by atoms with van der Waals surface area (Å²) >= 11 is 1.85. The van der Waals surface area contributed by atoms with E-state index < -0.39 is 247 Å². The van der Waals surface area contributed by atoms with Gasteiger partial charge >= 0.3 is 0 Å². The number of unbranched alkanes of at least 4 members (excludes halogenated alkanes) is 6. The molecular weight excluding hydrogens is 1690 g/mol. The van der Waals surface area contributed by atoms with Gasteiger partial charge in [0, 0.05) is 94.2 Å². The van der Waals surface area contributed by atoms with Crippen LogP contribution in [0.15, 0.2) is 42.0 Å². The molecule has 0 spiro atoms. The zero-order valence-corrected chi connectivity index (χ0v) is 69.8. The van der Waals surface area contributed by atoms with E-state index in [-0.39, 0.29) is 73.3 Å². The van der Waals surface area contributed by atoms with E-state index in [1.54, 1.807) is 34.6 Å². The highest BCUT2D eigenvalue weighted by atomic mass is 32.2. The highest BCUT2D eigenvalue weighted by Crippen LogP contribution is 2.41. The Labute approximate surface area is 722 Å². The highest BCUT2D eigenvalue weighted by molar-refractivity contribution is 8.00. The molecule has 5 amide bonds. The Kier molecular flexibility index (Phi) is 37.6. The number of carbonyl (C=O) groups excluding carboxylic acids is 6. The van der Waals surface area contributed by atoms with Gasteiger partial charge in [0.2, 0.25) is 17.7 Å². The zero-order chi connectivity index (χ0) is 90.0. The van der Waals surface area contributed by atoms with Gasteiger partial charge in [-0.1, -0.05) is 19.3 Å². The van der Waals surface area contributed by atoms with Crippen molar-refractivity contribution in [2.24, 2.45) is 5.92 Å². The number of rotatable bonds is 44. The zero-order valence-electron chi connectivity index (χ0n) is 69.0. The lowest BCUT2D eigenvalue weighted by atomic mass is 9.95. The summed E-state index contributed by atoms with van der Waals surface area (Å²) in [6, 6.07) is 1.85. The van der Waals surface area contributed by atoms with E-state index in [9.17, 15) is 121 Å². The molecule has 0 radical (unpaired) electrons. The predicted molar refractivity (Wildman–Crippen MR) is 422 cm³/mol. The van der Waals surface area contributed by atoms with Crippen LogP contribution in [0.1, 0.15) is 117 Å². The van der Waals surface area contributed by atoms with Crippen LogP contribution in [0, 0.1) is 5.92 Å². The van der Waals surface area contributed by atoms with Crippen molar-refractivity contribution in [1.82, 2.24) is 58.5 Å². The lowest BCUT2D eigenvalue weighted by Crippen LogP contribution is -2.68. The molecule has 33 atom stereocenters. The number of aliphatic hydroxyl groups is 18. The van der Waals surface area contributed by atoms with Gasteiger partial charge in [-0.15, -0.1) is 11.1 Å². The number of hydrazine groups is 4. The molecule has 0 bridgehead atoms. The van der Waals surface area contributed by atoms with E-state index in [1.165, 1.54) is 6.07 Å². The van der Waals surface area contributed by atoms with Gasteiger partial charge in [0.1, 0.15) is 152 Å². The predicted octanol–water partition coefficient (Wildman–Crippen LogP) is -11.3. The first-order chi connectivity index (χ1) is 59.9.